The first kappa shape index (κ1) is 29.0. The summed E-state index contributed by atoms with van der Waals surface area (Å²) in [5.41, 5.74) is 13.4. The molecular formula is C50H32N2. The molecule has 0 radical (unpaired) electrons. The molecule has 0 saturated heterocycles. The summed E-state index contributed by atoms with van der Waals surface area (Å²) in [5, 5.41) is 8.74. The Kier molecular flexibility index (Phi) is 6.32. The van der Waals surface area contributed by atoms with Crippen molar-refractivity contribution >= 4 is 60.3 Å². The van der Waals surface area contributed by atoms with Crippen LogP contribution in [0.2, 0.25) is 0 Å². The van der Waals surface area contributed by atoms with Crippen molar-refractivity contribution in [1.29, 1.82) is 0 Å². The van der Waals surface area contributed by atoms with Gasteiger partial charge in [-0.15, -0.1) is 0 Å². The lowest BCUT2D eigenvalue weighted by Gasteiger charge is -2.17. The van der Waals surface area contributed by atoms with Crippen LogP contribution in [-0.4, -0.2) is 9.13 Å². The summed E-state index contributed by atoms with van der Waals surface area (Å²) in [6.45, 7) is 0. The van der Waals surface area contributed by atoms with Crippen LogP contribution in [0.25, 0.3) is 94.0 Å². The molecule has 0 aliphatic heterocycles. The maximum Gasteiger partial charge on any atom is 0.0549 e. The Bertz CT molecular complexity index is 3070. The van der Waals surface area contributed by atoms with Gasteiger partial charge in [0, 0.05) is 44.1 Å². The molecule has 11 rings (SSSR count). The van der Waals surface area contributed by atoms with E-state index in [9.17, 15) is 0 Å². The summed E-state index contributed by atoms with van der Waals surface area (Å²) in [6.07, 6.45) is 6.71. The van der Waals surface area contributed by atoms with Crippen LogP contribution >= 0.6 is 0 Å². The summed E-state index contributed by atoms with van der Waals surface area (Å²) in [5.74, 6) is 0. The summed E-state index contributed by atoms with van der Waals surface area (Å²) >= 11 is 0. The molecular weight excluding hydrogens is 629 g/mol. The summed E-state index contributed by atoms with van der Waals surface area (Å²) in [7, 11) is 0. The van der Waals surface area contributed by atoms with E-state index in [4.69, 9.17) is 0 Å². The minimum Gasteiger partial charge on any atom is -0.312 e. The van der Waals surface area contributed by atoms with Crippen molar-refractivity contribution in [2.45, 2.75) is 12.8 Å². The molecule has 0 atom stereocenters. The number of aromatic nitrogens is 2. The average Bonchev–Trinajstić information content (AvgIpc) is 3.73. The Morgan fingerprint density at radius 1 is 0.462 bits per heavy atom. The molecule has 10 aromatic rings. The number of allylic oxidation sites excluding steroid dienone is 1. The molecule has 242 valence electrons. The summed E-state index contributed by atoms with van der Waals surface area (Å²) in [4.78, 5) is 0. The van der Waals surface area contributed by atoms with Gasteiger partial charge in [-0.25, -0.2) is 0 Å². The van der Waals surface area contributed by atoms with Gasteiger partial charge in [0.15, 0.2) is 0 Å². The molecule has 0 N–H and O–H groups in total. The van der Waals surface area contributed by atoms with E-state index < -0.39 is 0 Å². The zero-order valence-corrected chi connectivity index (χ0v) is 28.5. The Balaban J connectivity index is 1.23. The van der Waals surface area contributed by atoms with Gasteiger partial charge >= 0.3 is 0 Å². The van der Waals surface area contributed by atoms with Gasteiger partial charge in [-0.1, -0.05) is 146 Å². The van der Waals surface area contributed by atoms with Gasteiger partial charge < -0.3 is 9.13 Å². The molecule has 0 fully saturated rings. The van der Waals surface area contributed by atoms with Gasteiger partial charge in [0.05, 0.1) is 27.9 Å². The fraction of sp³-hybridized carbons (Fsp3) is 0.0400. The third kappa shape index (κ3) is 4.14. The van der Waals surface area contributed by atoms with Gasteiger partial charge in [-0.05, 0) is 76.3 Å². The average molecular weight is 661 g/mol. The van der Waals surface area contributed by atoms with Gasteiger partial charge in [-0.3, -0.25) is 0 Å². The molecule has 0 saturated carbocycles. The highest BCUT2D eigenvalue weighted by Crippen LogP contribution is 2.45. The molecule has 0 spiro atoms. The number of para-hydroxylation sites is 3. The zero-order chi connectivity index (χ0) is 34.2. The van der Waals surface area contributed by atoms with Gasteiger partial charge in [0.2, 0.25) is 0 Å². The molecule has 0 bridgehead atoms. The zero-order valence-electron chi connectivity index (χ0n) is 28.5. The van der Waals surface area contributed by atoms with Crippen LogP contribution in [0, 0.1) is 12.1 Å². The number of hydrogen-bond donors (Lipinski definition) is 0. The topological polar surface area (TPSA) is 9.86 Å². The fourth-order valence-electron chi connectivity index (χ4n) is 8.85. The molecule has 0 amide bonds. The van der Waals surface area contributed by atoms with Crippen LogP contribution in [0.5, 0.6) is 0 Å². The first-order valence-corrected chi connectivity index (χ1v) is 18.1. The summed E-state index contributed by atoms with van der Waals surface area (Å²) < 4.78 is 5.03. The number of hydrogen-bond acceptors (Lipinski definition) is 0. The van der Waals surface area contributed by atoms with Crippen LogP contribution in [0.1, 0.15) is 17.7 Å². The lowest BCUT2D eigenvalue weighted by molar-refractivity contribution is 0.889. The number of fused-ring (bicyclic) bond motifs is 9. The third-order valence-electron chi connectivity index (χ3n) is 11.0. The predicted molar refractivity (Wildman–Crippen MR) is 219 cm³/mol. The molecule has 2 heterocycles. The molecule has 8 aromatic carbocycles. The standard InChI is InChI=1S/C50H32N2/c1-3-19-35-33(15-1)17-13-25-37(35)39-21-5-9-27-43(39)51-45-29-11-7-23-41(45)49-47(51)31-32-48-50(49)42-24-8-12-30-46(42)52(48)44-28-10-6-22-40(44)38-26-14-18-34-16-2-4-20-36(34)38/h1-11,13,15-25,27-29,31-32H,12,30H2. The molecule has 1 aliphatic rings. The van der Waals surface area contributed by atoms with Crippen molar-refractivity contribution < 1.29 is 0 Å². The molecule has 0 unspecified atom stereocenters. The van der Waals surface area contributed by atoms with Crippen molar-refractivity contribution in [2.75, 3.05) is 0 Å². The largest absolute Gasteiger partial charge is 0.312 e. The smallest absolute Gasteiger partial charge is 0.0549 e. The second-order valence-corrected chi connectivity index (χ2v) is 13.8. The Morgan fingerprint density at radius 2 is 1.10 bits per heavy atom. The molecule has 1 aliphatic carbocycles. The highest BCUT2D eigenvalue weighted by atomic mass is 15.0. The quantitative estimate of drug-likeness (QED) is 0.178. The van der Waals surface area contributed by atoms with Crippen molar-refractivity contribution in [3.8, 4) is 33.6 Å². The second kappa shape index (κ2) is 11.4. The Morgan fingerprint density at radius 3 is 1.96 bits per heavy atom. The second-order valence-electron chi connectivity index (χ2n) is 13.8. The van der Waals surface area contributed by atoms with Gasteiger partial charge in [0.1, 0.15) is 0 Å². The minimum absolute atomic E-state index is 0.976. The van der Waals surface area contributed by atoms with Crippen LogP contribution in [0.3, 0.4) is 0 Å². The third-order valence-corrected chi connectivity index (χ3v) is 11.0. The van der Waals surface area contributed by atoms with Crippen LogP contribution in [-0.2, 0) is 6.42 Å². The van der Waals surface area contributed by atoms with E-state index >= 15 is 0 Å². The van der Waals surface area contributed by atoms with Crippen molar-refractivity contribution in [3.05, 3.63) is 187 Å². The van der Waals surface area contributed by atoms with E-state index in [0.29, 0.717) is 0 Å². The Hall–Kier alpha value is -6.82. The number of rotatable bonds is 4. The Labute approximate surface area is 302 Å². The first-order valence-electron chi connectivity index (χ1n) is 18.1. The lowest BCUT2D eigenvalue weighted by atomic mass is 9.97. The molecule has 2 aromatic heterocycles. The van der Waals surface area contributed by atoms with Gasteiger partial charge in [-0.2, -0.15) is 0 Å². The highest BCUT2D eigenvalue weighted by Gasteiger charge is 2.26. The van der Waals surface area contributed by atoms with Gasteiger partial charge in [0.25, 0.3) is 0 Å². The van der Waals surface area contributed by atoms with E-state index in [1.807, 2.05) is 6.07 Å². The monoisotopic (exact) mass is 660 g/mol. The molecule has 2 nitrogen and oxygen atoms in total. The predicted octanol–water partition coefficient (Wildman–Crippen LogP) is 12.9. The van der Waals surface area contributed by atoms with Crippen molar-refractivity contribution in [3.63, 3.8) is 0 Å². The van der Waals surface area contributed by atoms with Crippen LogP contribution in [0.4, 0.5) is 0 Å². The van der Waals surface area contributed by atoms with Crippen LogP contribution < -0.4 is 0 Å². The normalized spacial score (nSPS) is 12.6. The summed E-state index contributed by atoms with van der Waals surface area (Å²) in [6, 6.07) is 64.1. The minimum atomic E-state index is 0.976. The van der Waals surface area contributed by atoms with Crippen molar-refractivity contribution in [2.24, 2.45) is 0 Å². The lowest BCUT2D eigenvalue weighted by Crippen LogP contribution is -2.04. The van der Waals surface area contributed by atoms with Crippen molar-refractivity contribution in [1.82, 2.24) is 9.13 Å². The van der Waals surface area contributed by atoms with E-state index in [1.54, 1.807) is 0 Å². The van der Waals surface area contributed by atoms with Crippen LogP contribution in [0.15, 0.2) is 164 Å². The maximum absolute atomic E-state index is 3.51. The highest BCUT2D eigenvalue weighted by molar-refractivity contribution is 6.24. The van der Waals surface area contributed by atoms with E-state index in [2.05, 4.69) is 185 Å². The molecule has 2 heteroatoms. The first-order chi connectivity index (χ1) is 25.8. The number of benzene rings is 7. The van der Waals surface area contributed by atoms with E-state index in [1.165, 1.54) is 88.0 Å². The maximum atomic E-state index is 3.51. The SMILES string of the molecule is c1cc2ccccc2c(-c2ccccc2-n2c3c(c4c5c6ccccc6n(-c6ccccc6-c6cccc7ccccc67)c5ccc42)C=CCC3)c#1. The van der Waals surface area contributed by atoms with E-state index in [0.717, 1.165) is 24.0 Å². The number of nitrogens with zero attached hydrogens (tertiary/aromatic N) is 2. The fourth-order valence-corrected chi connectivity index (χ4v) is 8.85. The molecule has 52 heavy (non-hydrogen) atoms. The van der Waals surface area contributed by atoms with E-state index in [-0.39, 0.29) is 0 Å².